The Bertz CT molecular complexity index is 654. The Morgan fingerprint density at radius 2 is 1.86 bits per heavy atom. The summed E-state index contributed by atoms with van der Waals surface area (Å²) in [5.74, 6) is -1.25. The highest BCUT2D eigenvalue weighted by molar-refractivity contribution is 9.10. The molecule has 0 amide bonds. The first-order valence-electron chi connectivity index (χ1n) is 5.85. The number of rotatable bonds is 6. The van der Waals surface area contributed by atoms with Gasteiger partial charge in [0.05, 0.1) is 29.2 Å². The molecule has 0 fully saturated rings. The standard InChI is InChI=1S/C12H16BrNO6S/c1-7-9(11(17)18)3-8(4-10(7)13)21(19,20)14-12(2,5-15)6-16/h3-4,14-16H,5-6H2,1-2H3,(H,17,18). The van der Waals surface area contributed by atoms with Crippen LogP contribution in [0.2, 0.25) is 0 Å². The van der Waals surface area contributed by atoms with Crippen molar-refractivity contribution < 1.29 is 28.5 Å². The molecular formula is C12H16BrNO6S. The number of aliphatic hydroxyl groups is 2. The minimum atomic E-state index is -4.10. The van der Waals surface area contributed by atoms with Gasteiger partial charge in [-0.1, -0.05) is 15.9 Å². The van der Waals surface area contributed by atoms with Crippen molar-refractivity contribution >= 4 is 31.9 Å². The Kier molecular flexibility index (Phi) is 5.51. The third-order valence-corrected chi connectivity index (χ3v) is 5.38. The molecule has 0 atom stereocenters. The SMILES string of the molecule is Cc1c(Br)cc(S(=O)(=O)NC(C)(CO)CO)cc1C(=O)O. The monoisotopic (exact) mass is 381 g/mol. The Morgan fingerprint density at radius 1 is 1.33 bits per heavy atom. The number of carbonyl (C=O) groups is 1. The average molecular weight is 382 g/mol. The van der Waals surface area contributed by atoms with Gasteiger partial charge in [0, 0.05) is 4.47 Å². The van der Waals surface area contributed by atoms with Gasteiger partial charge < -0.3 is 15.3 Å². The van der Waals surface area contributed by atoms with Gasteiger partial charge in [0.25, 0.3) is 0 Å². The van der Waals surface area contributed by atoms with Crippen LogP contribution < -0.4 is 4.72 Å². The summed E-state index contributed by atoms with van der Waals surface area (Å²) < 4.78 is 27.0. The number of halogens is 1. The van der Waals surface area contributed by atoms with E-state index in [1.807, 2.05) is 0 Å². The van der Waals surface area contributed by atoms with E-state index in [2.05, 4.69) is 20.7 Å². The summed E-state index contributed by atoms with van der Waals surface area (Å²) in [5.41, 5.74) is -1.20. The summed E-state index contributed by atoms with van der Waals surface area (Å²) in [7, 11) is -4.10. The van der Waals surface area contributed by atoms with Crippen LogP contribution in [0, 0.1) is 6.92 Å². The van der Waals surface area contributed by atoms with Crippen LogP contribution in [0.15, 0.2) is 21.5 Å². The van der Waals surface area contributed by atoms with Crippen LogP contribution in [0.1, 0.15) is 22.8 Å². The summed E-state index contributed by atoms with van der Waals surface area (Å²) in [4.78, 5) is 10.9. The van der Waals surface area contributed by atoms with Crippen LogP contribution >= 0.6 is 15.9 Å². The Labute approximate surface area is 130 Å². The van der Waals surface area contributed by atoms with E-state index in [-0.39, 0.29) is 10.5 Å². The van der Waals surface area contributed by atoms with Crippen molar-refractivity contribution in [2.75, 3.05) is 13.2 Å². The molecule has 1 rings (SSSR count). The molecule has 7 nitrogen and oxygen atoms in total. The molecule has 0 saturated carbocycles. The van der Waals surface area contributed by atoms with Crippen LogP contribution in [-0.2, 0) is 10.0 Å². The van der Waals surface area contributed by atoms with Gasteiger partial charge in [-0.15, -0.1) is 0 Å². The van der Waals surface area contributed by atoms with E-state index in [0.717, 1.165) is 6.07 Å². The maximum Gasteiger partial charge on any atom is 0.336 e. The van der Waals surface area contributed by atoms with E-state index in [1.54, 1.807) is 6.92 Å². The van der Waals surface area contributed by atoms with Gasteiger partial charge in [0.1, 0.15) is 0 Å². The van der Waals surface area contributed by atoms with Gasteiger partial charge in [0.2, 0.25) is 10.0 Å². The second-order valence-corrected chi connectivity index (χ2v) is 7.40. The summed E-state index contributed by atoms with van der Waals surface area (Å²) in [6, 6.07) is 2.29. The zero-order valence-corrected chi connectivity index (χ0v) is 13.8. The van der Waals surface area contributed by atoms with E-state index in [1.165, 1.54) is 13.0 Å². The predicted octanol–water partition coefficient (Wildman–Crippen LogP) is 0.477. The minimum absolute atomic E-state index is 0.153. The van der Waals surface area contributed by atoms with Crippen molar-refractivity contribution in [3.8, 4) is 0 Å². The highest BCUT2D eigenvalue weighted by Crippen LogP contribution is 2.25. The number of aliphatic hydroxyl groups excluding tert-OH is 2. The maximum atomic E-state index is 12.3. The maximum absolute atomic E-state index is 12.3. The first-order valence-corrected chi connectivity index (χ1v) is 8.13. The molecule has 0 bridgehead atoms. The van der Waals surface area contributed by atoms with Crippen LogP contribution in [0.4, 0.5) is 0 Å². The molecule has 1 aromatic rings. The van der Waals surface area contributed by atoms with E-state index in [4.69, 9.17) is 15.3 Å². The van der Waals surface area contributed by atoms with Crippen molar-refractivity contribution in [1.82, 2.24) is 4.72 Å². The Balaban J connectivity index is 3.36. The smallest absolute Gasteiger partial charge is 0.336 e. The normalized spacial score (nSPS) is 12.4. The molecule has 0 aliphatic rings. The minimum Gasteiger partial charge on any atom is -0.478 e. The van der Waals surface area contributed by atoms with Gasteiger partial charge >= 0.3 is 5.97 Å². The molecule has 0 spiro atoms. The molecule has 4 N–H and O–H groups in total. The average Bonchev–Trinajstić information content (AvgIpc) is 2.40. The molecular weight excluding hydrogens is 366 g/mol. The van der Waals surface area contributed by atoms with Crippen molar-refractivity contribution in [3.63, 3.8) is 0 Å². The molecule has 0 saturated heterocycles. The van der Waals surface area contributed by atoms with E-state index in [0.29, 0.717) is 10.0 Å². The largest absolute Gasteiger partial charge is 0.478 e. The van der Waals surface area contributed by atoms with Gasteiger partial charge in [-0.2, -0.15) is 0 Å². The number of carboxylic acids is 1. The second-order valence-electron chi connectivity index (χ2n) is 4.87. The summed E-state index contributed by atoms with van der Waals surface area (Å²) in [6.45, 7) is 1.65. The molecule has 0 aliphatic heterocycles. The number of hydrogen-bond acceptors (Lipinski definition) is 5. The molecule has 118 valence electrons. The second kappa shape index (κ2) is 6.41. The summed E-state index contributed by atoms with van der Waals surface area (Å²) in [5, 5.41) is 27.4. The van der Waals surface area contributed by atoms with Gasteiger partial charge in [-0.05, 0) is 31.5 Å². The zero-order chi connectivity index (χ0) is 16.4. The van der Waals surface area contributed by atoms with Gasteiger partial charge in [0.15, 0.2) is 0 Å². The highest BCUT2D eigenvalue weighted by Gasteiger charge is 2.30. The molecule has 21 heavy (non-hydrogen) atoms. The van der Waals surface area contributed by atoms with Crippen molar-refractivity contribution in [3.05, 3.63) is 27.7 Å². The van der Waals surface area contributed by atoms with E-state index < -0.39 is 34.7 Å². The van der Waals surface area contributed by atoms with Gasteiger partial charge in [-0.3, -0.25) is 0 Å². The number of carboxylic acid groups (broad SMARTS) is 1. The van der Waals surface area contributed by atoms with Gasteiger partial charge in [-0.25, -0.2) is 17.9 Å². The van der Waals surface area contributed by atoms with Crippen molar-refractivity contribution in [2.45, 2.75) is 24.3 Å². The lowest BCUT2D eigenvalue weighted by atomic mass is 10.1. The third kappa shape index (κ3) is 4.01. The fourth-order valence-electron chi connectivity index (χ4n) is 1.53. The number of hydrogen-bond donors (Lipinski definition) is 4. The molecule has 9 heteroatoms. The van der Waals surface area contributed by atoms with Crippen LogP contribution in [0.25, 0.3) is 0 Å². The van der Waals surface area contributed by atoms with E-state index in [9.17, 15) is 13.2 Å². The Hall–Kier alpha value is -1.00. The van der Waals surface area contributed by atoms with E-state index >= 15 is 0 Å². The molecule has 0 aromatic heterocycles. The number of nitrogens with one attached hydrogen (secondary N) is 1. The lowest BCUT2D eigenvalue weighted by molar-refractivity contribution is 0.0695. The van der Waals surface area contributed by atoms with Crippen LogP contribution in [0.3, 0.4) is 0 Å². The van der Waals surface area contributed by atoms with Crippen molar-refractivity contribution in [1.29, 1.82) is 0 Å². The quantitative estimate of drug-likeness (QED) is 0.567. The highest BCUT2D eigenvalue weighted by atomic mass is 79.9. The predicted molar refractivity (Wildman–Crippen MR) is 78.7 cm³/mol. The van der Waals surface area contributed by atoms with Crippen LogP contribution in [0.5, 0.6) is 0 Å². The molecule has 0 aliphatic carbocycles. The molecule has 0 unspecified atom stereocenters. The summed E-state index contributed by atoms with van der Waals surface area (Å²) >= 11 is 3.12. The van der Waals surface area contributed by atoms with Crippen LogP contribution in [-0.4, -0.2) is 48.5 Å². The fraction of sp³-hybridized carbons (Fsp3) is 0.417. The number of aromatic carboxylic acids is 1. The first kappa shape index (κ1) is 18.1. The molecule has 0 radical (unpaired) electrons. The first-order chi connectivity index (χ1) is 9.56. The summed E-state index contributed by atoms with van der Waals surface area (Å²) in [6.07, 6.45) is 0. The topological polar surface area (TPSA) is 124 Å². The fourth-order valence-corrected chi connectivity index (χ4v) is 3.58. The third-order valence-electron chi connectivity index (χ3n) is 2.94. The van der Waals surface area contributed by atoms with Crippen molar-refractivity contribution in [2.24, 2.45) is 0 Å². The zero-order valence-electron chi connectivity index (χ0n) is 11.4. The molecule has 0 heterocycles. The molecule has 1 aromatic carbocycles. The Morgan fingerprint density at radius 3 is 2.29 bits per heavy atom. The lowest BCUT2D eigenvalue weighted by Crippen LogP contribution is -2.51. The number of sulfonamides is 1. The number of benzene rings is 1. The lowest BCUT2D eigenvalue weighted by Gasteiger charge is -2.26.